The maximum atomic E-state index is 4.74. The van der Waals surface area contributed by atoms with Crippen LogP contribution >= 0.6 is 22.7 Å². The van der Waals surface area contributed by atoms with Gasteiger partial charge in [-0.15, -0.1) is 26.6 Å². The van der Waals surface area contributed by atoms with Crippen molar-refractivity contribution in [2.75, 3.05) is 5.32 Å². The summed E-state index contributed by atoms with van der Waals surface area (Å²) in [6, 6.07) is 6.19. The van der Waals surface area contributed by atoms with Crippen molar-refractivity contribution in [2.24, 2.45) is 5.92 Å². The lowest BCUT2D eigenvalue weighted by atomic mass is 10.2. The standard InChI is InChI=1S/C17H16N6S2/c1-10-8-25-17(18-10)15(11-2-3-11)19-13-4-5-14-20-21-16(23(14)22-13)12-6-7-24-9-12/h4-9,11,15H,2-3H2,1H3,(H,19,22). The molecule has 8 heteroatoms. The van der Waals surface area contributed by atoms with Gasteiger partial charge in [-0.3, -0.25) is 0 Å². The maximum absolute atomic E-state index is 4.74. The van der Waals surface area contributed by atoms with Crippen molar-refractivity contribution < 1.29 is 0 Å². The summed E-state index contributed by atoms with van der Waals surface area (Å²) in [7, 11) is 0. The first kappa shape index (κ1) is 15.0. The van der Waals surface area contributed by atoms with E-state index in [1.54, 1.807) is 27.2 Å². The molecule has 1 atom stereocenters. The molecule has 4 heterocycles. The van der Waals surface area contributed by atoms with Gasteiger partial charge >= 0.3 is 0 Å². The van der Waals surface area contributed by atoms with E-state index in [4.69, 9.17) is 5.10 Å². The summed E-state index contributed by atoms with van der Waals surface area (Å²) in [5, 5.41) is 24.2. The molecular weight excluding hydrogens is 352 g/mol. The molecule has 0 amide bonds. The molecule has 0 aromatic carbocycles. The fourth-order valence-electron chi connectivity index (χ4n) is 2.92. The van der Waals surface area contributed by atoms with Gasteiger partial charge in [-0.05, 0) is 49.3 Å². The number of anilines is 1. The Hall–Kier alpha value is -2.32. The van der Waals surface area contributed by atoms with Crippen LogP contribution in [0, 0.1) is 12.8 Å². The third-order valence-corrected chi connectivity index (χ3v) is 6.07. The SMILES string of the molecule is Cc1csc(C(Nc2ccc3nnc(-c4ccsc4)n3n2)C2CC2)n1. The van der Waals surface area contributed by atoms with E-state index in [2.05, 4.69) is 31.3 Å². The molecule has 0 radical (unpaired) electrons. The van der Waals surface area contributed by atoms with Crippen molar-refractivity contribution in [3.05, 3.63) is 45.0 Å². The number of aromatic nitrogens is 5. The molecule has 0 saturated heterocycles. The Kier molecular flexibility index (Phi) is 3.53. The van der Waals surface area contributed by atoms with Crippen molar-refractivity contribution in [1.82, 2.24) is 24.8 Å². The van der Waals surface area contributed by atoms with E-state index in [1.807, 2.05) is 30.5 Å². The molecule has 4 aromatic rings. The Labute approximate surface area is 152 Å². The first-order valence-electron chi connectivity index (χ1n) is 8.21. The zero-order chi connectivity index (χ0) is 16.8. The third kappa shape index (κ3) is 2.81. The molecule has 25 heavy (non-hydrogen) atoms. The topological polar surface area (TPSA) is 68.0 Å². The number of aryl methyl sites for hydroxylation is 1. The number of fused-ring (bicyclic) bond motifs is 1. The van der Waals surface area contributed by atoms with Crippen LogP contribution in [-0.4, -0.2) is 24.8 Å². The van der Waals surface area contributed by atoms with Crippen LogP contribution in [-0.2, 0) is 0 Å². The van der Waals surface area contributed by atoms with Crippen LogP contribution in [0.1, 0.15) is 29.6 Å². The quantitative estimate of drug-likeness (QED) is 0.572. The van der Waals surface area contributed by atoms with Gasteiger partial charge in [0.25, 0.3) is 0 Å². The lowest BCUT2D eigenvalue weighted by Gasteiger charge is -2.16. The van der Waals surface area contributed by atoms with Gasteiger partial charge in [0.15, 0.2) is 11.5 Å². The van der Waals surface area contributed by atoms with Crippen molar-refractivity contribution in [3.63, 3.8) is 0 Å². The van der Waals surface area contributed by atoms with E-state index in [0.717, 1.165) is 33.6 Å². The molecule has 1 aliphatic rings. The Morgan fingerprint density at radius 1 is 1.20 bits per heavy atom. The van der Waals surface area contributed by atoms with Crippen molar-refractivity contribution in [3.8, 4) is 11.4 Å². The molecule has 5 rings (SSSR count). The summed E-state index contributed by atoms with van der Waals surface area (Å²) in [5.74, 6) is 2.24. The maximum Gasteiger partial charge on any atom is 0.186 e. The van der Waals surface area contributed by atoms with E-state index < -0.39 is 0 Å². The Bertz CT molecular complexity index is 1020. The predicted octanol–water partition coefficient (Wildman–Crippen LogP) is 4.18. The summed E-state index contributed by atoms with van der Waals surface area (Å²) in [6.07, 6.45) is 2.48. The number of rotatable bonds is 5. The second kappa shape index (κ2) is 5.89. The predicted molar refractivity (Wildman–Crippen MR) is 100 cm³/mol. The highest BCUT2D eigenvalue weighted by atomic mass is 32.1. The zero-order valence-electron chi connectivity index (χ0n) is 13.6. The molecular formula is C17H16N6S2. The van der Waals surface area contributed by atoms with Gasteiger partial charge in [-0.2, -0.15) is 15.9 Å². The van der Waals surface area contributed by atoms with E-state index in [9.17, 15) is 0 Å². The molecule has 1 aliphatic carbocycles. The second-order valence-corrected chi connectivity index (χ2v) is 7.98. The van der Waals surface area contributed by atoms with E-state index >= 15 is 0 Å². The van der Waals surface area contributed by atoms with Gasteiger partial charge in [0.2, 0.25) is 0 Å². The van der Waals surface area contributed by atoms with Gasteiger partial charge < -0.3 is 5.32 Å². The number of nitrogens with zero attached hydrogens (tertiary/aromatic N) is 5. The highest BCUT2D eigenvalue weighted by Gasteiger charge is 2.34. The number of thiazole rings is 1. The molecule has 1 unspecified atom stereocenters. The first-order valence-corrected chi connectivity index (χ1v) is 10.0. The number of nitrogens with one attached hydrogen (secondary N) is 1. The highest BCUT2D eigenvalue weighted by Crippen LogP contribution is 2.43. The van der Waals surface area contributed by atoms with Crippen LogP contribution in [0.4, 0.5) is 5.82 Å². The second-order valence-electron chi connectivity index (χ2n) is 6.31. The fourth-order valence-corrected chi connectivity index (χ4v) is 4.50. The van der Waals surface area contributed by atoms with E-state index in [1.165, 1.54) is 12.8 Å². The summed E-state index contributed by atoms with van der Waals surface area (Å²) in [6.45, 7) is 2.04. The lowest BCUT2D eigenvalue weighted by molar-refractivity contribution is 0.665. The molecule has 1 saturated carbocycles. The molecule has 6 nitrogen and oxygen atoms in total. The van der Waals surface area contributed by atoms with Gasteiger partial charge in [-0.1, -0.05) is 0 Å². The van der Waals surface area contributed by atoms with Crippen LogP contribution in [0.25, 0.3) is 17.0 Å². The van der Waals surface area contributed by atoms with Crippen molar-refractivity contribution in [2.45, 2.75) is 25.8 Å². The minimum atomic E-state index is 0.227. The molecule has 126 valence electrons. The Balaban J connectivity index is 1.51. The van der Waals surface area contributed by atoms with Crippen LogP contribution in [0.3, 0.4) is 0 Å². The number of hydrogen-bond donors (Lipinski definition) is 1. The van der Waals surface area contributed by atoms with Crippen LogP contribution in [0.5, 0.6) is 0 Å². The summed E-state index contributed by atoms with van der Waals surface area (Å²) in [5.41, 5.74) is 2.87. The van der Waals surface area contributed by atoms with Crippen LogP contribution < -0.4 is 5.32 Å². The summed E-state index contributed by atoms with van der Waals surface area (Å²) < 4.78 is 1.81. The van der Waals surface area contributed by atoms with E-state index in [0.29, 0.717) is 5.92 Å². The smallest absolute Gasteiger partial charge is 0.186 e. The van der Waals surface area contributed by atoms with Crippen LogP contribution in [0.2, 0.25) is 0 Å². The summed E-state index contributed by atoms with van der Waals surface area (Å²) >= 11 is 3.36. The minimum Gasteiger partial charge on any atom is -0.359 e. The Morgan fingerprint density at radius 2 is 2.12 bits per heavy atom. The normalized spacial score (nSPS) is 15.6. The number of thiophene rings is 1. The lowest BCUT2D eigenvalue weighted by Crippen LogP contribution is -2.14. The molecule has 1 N–H and O–H groups in total. The van der Waals surface area contributed by atoms with Gasteiger partial charge in [-0.25, -0.2) is 4.98 Å². The Morgan fingerprint density at radius 3 is 2.84 bits per heavy atom. The van der Waals surface area contributed by atoms with E-state index in [-0.39, 0.29) is 6.04 Å². The average molecular weight is 368 g/mol. The number of hydrogen-bond acceptors (Lipinski definition) is 7. The minimum absolute atomic E-state index is 0.227. The first-order chi connectivity index (χ1) is 12.3. The van der Waals surface area contributed by atoms with Crippen LogP contribution in [0.15, 0.2) is 34.3 Å². The van der Waals surface area contributed by atoms with Gasteiger partial charge in [0, 0.05) is 22.0 Å². The molecule has 4 aromatic heterocycles. The molecule has 1 fully saturated rings. The molecule has 0 spiro atoms. The van der Waals surface area contributed by atoms with Gasteiger partial charge in [0.1, 0.15) is 10.8 Å². The average Bonchev–Trinajstić information content (AvgIpc) is 3.01. The summed E-state index contributed by atoms with van der Waals surface area (Å²) in [4.78, 5) is 4.68. The fraction of sp³-hybridized carbons (Fsp3) is 0.294. The third-order valence-electron chi connectivity index (χ3n) is 4.34. The van der Waals surface area contributed by atoms with Crippen molar-refractivity contribution in [1.29, 1.82) is 0 Å². The monoisotopic (exact) mass is 368 g/mol. The van der Waals surface area contributed by atoms with Crippen molar-refractivity contribution >= 4 is 34.1 Å². The van der Waals surface area contributed by atoms with Gasteiger partial charge in [0.05, 0.1) is 6.04 Å². The zero-order valence-corrected chi connectivity index (χ0v) is 15.2. The molecule has 0 bridgehead atoms. The molecule has 0 aliphatic heterocycles. The largest absolute Gasteiger partial charge is 0.359 e. The highest BCUT2D eigenvalue weighted by molar-refractivity contribution is 7.09.